The van der Waals surface area contributed by atoms with Gasteiger partial charge in [0.05, 0.1) is 11.2 Å². The Morgan fingerprint density at radius 2 is 2.05 bits per heavy atom. The Morgan fingerprint density at radius 1 is 1.38 bits per heavy atom. The van der Waals surface area contributed by atoms with Crippen LogP contribution < -0.4 is 0 Å². The summed E-state index contributed by atoms with van der Waals surface area (Å²) in [5.41, 5.74) is -1.08. The van der Waals surface area contributed by atoms with Crippen molar-refractivity contribution in [2.75, 3.05) is 6.61 Å². The monoisotopic (exact) mass is 288 g/mol. The molecule has 4 nitrogen and oxygen atoms in total. The summed E-state index contributed by atoms with van der Waals surface area (Å²) in [6.07, 6.45) is 0.912. The van der Waals surface area contributed by atoms with Crippen molar-refractivity contribution in [3.8, 4) is 0 Å². The highest BCUT2D eigenvalue weighted by molar-refractivity contribution is 5.89. The molecular weight excluding hydrogens is 268 g/mol. The molecule has 4 rings (SSSR count). The van der Waals surface area contributed by atoms with Crippen LogP contribution in [0.2, 0.25) is 0 Å². The third kappa shape index (κ3) is 1.93. The first-order valence-electron chi connectivity index (χ1n) is 7.36. The number of benzene rings is 1. The van der Waals surface area contributed by atoms with Crippen LogP contribution >= 0.6 is 0 Å². The van der Waals surface area contributed by atoms with Crippen molar-refractivity contribution in [1.82, 2.24) is 0 Å². The van der Waals surface area contributed by atoms with Gasteiger partial charge in [-0.2, -0.15) is 0 Å². The van der Waals surface area contributed by atoms with Crippen molar-refractivity contribution < 1.29 is 19.4 Å². The minimum atomic E-state index is -0.900. The van der Waals surface area contributed by atoms with Gasteiger partial charge in [-0.25, -0.2) is 4.79 Å². The van der Waals surface area contributed by atoms with Crippen LogP contribution in [0.1, 0.15) is 37.0 Å². The molecule has 1 N–H and O–H groups in total. The number of rotatable bonds is 3. The second-order valence-electron chi connectivity index (χ2n) is 6.61. The van der Waals surface area contributed by atoms with E-state index in [1.807, 2.05) is 19.9 Å². The van der Waals surface area contributed by atoms with E-state index in [1.54, 1.807) is 24.3 Å². The molecule has 1 aromatic rings. The fraction of sp³-hybridized carbons (Fsp3) is 0.529. The fourth-order valence-electron chi connectivity index (χ4n) is 3.88. The Kier molecular flexibility index (Phi) is 3.17. The molecule has 4 unspecified atom stereocenters. The summed E-state index contributed by atoms with van der Waals surface area (Å²) in [6, 6.07) is 8.76. The molecule has 0 aromatic heterocycles. The van der Waals surface area contributed by atoms with E-state index in [2.05, 4.69) is 0 Å². The van der Waals surface area contributed by atoms with E-state index in [9.17, 15) is 14.7 Å². The van der Waals surface area contributed by atoms with Crippen molar-refractivity contribution in [2.24, 2.45) is 17.3 Å². The average Bonchev–Trinajstić information content (AvgIpc) is 2.48. The summed E-state index contributed by atoms with van der Waals surface area (Å²) >= 11 is 0. The molecule has 0 spiro atoms. The Labute approximate surface area is 124 Å². The lowest BCUT2D eigenvalue weighted by Gasteiger charge is -2.64. The molecule has 4 heteroatoms. The first kappa shape index (κ1) is 14.3. The molecule has 4 atom stereocenters. The van der Waals surface area contributed by atoms with Crippen LogP contribution in [-0.4, -0.2) is 29.1 Å². The topological polar surface area (TPSA) is 63.6 Å². The van der Waals surface area contributed by atoms with Crippen LogP contribution in [0.5, 0.6) is 0 Å². The van der Waals surface area contributed by atoms with Crippen LogP contribution in [0.25, 0.3) is 0 Å². The van der Waals surface area contributed by atoms with E-state index in [4.69, 9.17) is 4.74 Å². The Bertz CT molecular complexity index is 582. The molecule has 21 heavy (non-hydrogen) atoms. The number of ketones is 1. The molecule has 3 aliphatic carbocycles. The molecular formula is C17H20O4. The Balaban J connectivity index is 1.73. The van der Waals surface area contributed by atoms with Gasteiger partial charge >= 0.3 is 5.97 Å². The Hall–Kier alpha value is -1.68. The van der Waals surface area contributed by atoms with Gasteiger partial charge in [0.25, 0.3) is 0 Å². The number of aliphatic hydroxyl groups is 1. The highest BCUT2D eigenvalue weighted by atomic mass is 16.5. The molecule has 3 aliphatic rings. The summed E-state index contributed by atoms with van der Waals surface area (Å²) in [5.74, 6) is -0.514. The lowest BCUT2D eigenvalue weighted by molar-refractivity contribution is -0.258. The summed E-state index contributed by atoms with van der Waals surface area (Å²) in [5, 5.41) is 10.8. The maximum absolute atomic E-state index is 12.1. The van der Waals surface area contributed by atoms with Crippen LogP contribution in [0.4, 0.5) is 0 Å². The average molecular weight is 288 g/mol. The fourth-order valence-corrected chi connectivity index (χ4v) is 3.88. The van der Waals surface area contributed by atoms with E-state index in [1.165, 1.54) is 0 Å². The standard InChI is InChI=1S/C17H20O4/c1-11-8-14(18)13-9-17(11,20)16(13,2)10-21-15(19)12-6-4-3-5-7-12/h3-7,11,13,20H,8-10H2,1-2H3. The lowest BCUT2D eigenvalue weighted by atomic mass is 9.42. The van der Waals surface area contributed by atoms with Gasteiger partial charge < -0.3 is 9.84 Å². The predicted molar refractivity (Wildman–Crippen MR) is 76.7 cm³/mol. The quantitative estimate of drug-likeness (QED) is 0.866. The number of ether oxygens (including phenoxy) is 1. The van der Waals surface area contributed by atoms with E-state index >= 15 is 0 Å². The molecule has 3 saturated carbocycles. The van der Waals surface area contributed by atoms with Crippen LogP contribution in [0.15, 0.2) is 30.3 Å². The number of hydrogen-bond donors (Lipinski definition) is 1. The van der Waals surface area contributed by atoms with Gasteiger partial charge in [-0.1, -0.05) is 32.0 Å². The van der Waals surface area contributed by atoms with Crippen molar-refractivity contribution in [1.29, 1.82) is 0 Å². The lowest BCUT2D eigenvalue weighted by Crippen LogP contribution is -2.72. The maximum Gasteiger partial charge on any atom is 0.338 e. The second-order valence-corrected chi connectivity index (χ2v) is 6.61. The Morgan fingerprint density at radius 3 is 2.67 bits per heavy atom. The van der Waals surface area contributed by atoms with Crippen LogP contribution in [-0.2, 0) is 9.53 Å². The number of Topliss-reactive ketones (excluding diaryl/α,β-unsaturated/α-hetero) is 1. The molecule has 112 valence electrons. The van der Waals surface area contributed by atoms with E-state index in [0.717, 1.165) is 0 Å². The number of hydrogen-bond acceptors (Lipinski definition) is 4. The molecule has 2 bridgehead atoms. The van der Waals surface area contributed by atoms with E-state index in [-0.39, 0.29) is 24.2 Å². The molecule has 0 heterocycles. The number of esters is 1. The zero-order valence-corrected chi connectivity index (χ0v) is 12.3. The highest BCUT2D eigenvalue weighted by Gasteiger charge is 2.70. The predicted octanol–water partition coefficient (Wildman–Crippen LogP) is 2.21. The van der Waals surface area contributed by atoms with Gasteiger partial charge in [-0.15, -0.1) is 0 Å². The smallest absolute Gasteiger partial charge is 0.338 e. The van der Waals surface area contributed by atoms with E-state index < -0.39 is 17.0 Å². The van der Waals surface area contributed by atoms with E-state index in [0.29, 0.717) is 18.4 Å². The maximum atomic E-state index is 12.1. The minimum Gasteiger partial charge on any atom is -0.461 e. The second kappa shape index (κ2) is 4.67. The largest absolute Gasteiger partial charge is 0.461 e. The molecule has 0 amide bonds. The van der Waals surface area contributed by atoms with Gasteiger partial charge in [0.2, 0.25) is 0 Å². The van der Waals surface area contributed by atoms with Gasteiger partial charge in [-0.3, -0.25) is 4.79 Å². The normalized spacial score (nSPS) is 37.8. The van der Waals surface area contributed by atoms with Crippen LogP contribution in [0.3, 0.4) is 0 Å². The molecule has 0 saturated heterocycles. The zero-order chi connectivity index (χ0) is 15.3. The number of carbonyl (C=O) groups is 2. The molecule has 0 radical (unpaired) electrons. The van der Waals surface area contributed by atoms with Crippen molar-refractivity contribution in [2.45, 2.75) is 32.3 Å². The SMILES string of the molecule is CC1CC(=O)C2CC1(O)C2(C)COC(=O)c1ccccc1. The molecule has 3 fully saturated rings. The minimum absolute atomic E-state index is 0.0813. The molecule has 1 aromatic carbocycles. The van der Waals surface area contributed by atoms with Crippen molar-refractivity contribution in [3.05, 3.63) is 35.9 Å². The highest BCUT2D eigenvalue weighted by Crippen LogP contribution is 2.62. The van der Waals surface area contributed by atoms with Gasteiger partial charge in [0, 0.05) is 17.8 Å². The summed E-state index contributed by atoms with van der Waals surface area (Å²) in [4.78, 5) is 24.1. The first-order valence-corrected chi connectivity index (χ1v) is 7.36. The summed E-state index contributed by atoms with van der Waals surface area (Å²) in [7, 11) is 0. The van der Waals surface area contributed by atoms with Crippen molar-refractivity contribution in [3.63, 3.8) is 0 Å². The third-order valence-electron chi connectivity index (χ3n) is 5.50. The van der Waals surface area contributed by atoms with Crippen molar-refractivity contribution >= 4 is 11.8 Å². The third-order valence-corrected chi connectivity index (χ3v) is 5.50. The van der Waals surface area contributed by atoms with Crippen LogP contribution in [0, 0.1) is 17.3 Å². The number of fused-ring (bicyclic) bond motifs is 2. The molecule has 0 aliphatic heterocycles. The summed E-state index contributed by atoms with van der Waals surface area (Å²) < 4.78 is 5.38. The zero-order valence-electron chi connectivity index (χ0n) is 12.3. The van der Waals surface area contributed by atoms with Gasteiger partial charge in [0.1, 0.15) is 12.4 Å². The number of carbonyl (C=O) groups excluding carboxylic acids is 2. The first-order chi connectivity index (χ1) is 9.88. The summed E-state index contributed by atoms with van der Waals surface area (Å²) in [6.45, 7) is 3.83. The van der Waals surface area contributed by atoms with Gasteiger partial charge in [0.15, 0.2) is 0 Å². The van der Waals surface area contributed by atoms with Gasteiger partial charge in [-0.05, 0) is 24.5 Å².